The highest BCUT2D eigenvalue weighted by molar-refractivity contribution is 5.33. The van der Waals surface area contributed by atoms with Crippen molar-refractivity contribution in [2.75, 3.05) is 26.2 Å². The van der Waals surface area contributed by atoms with Crippen LogP contribution in [0.3, 0.4) is 0 Å². The molecule has 0 amide bonds. The van der Waals surface area contributed by atoms with Gasteiger partial charge in [0.1, 0.15) is 11.5 Å². The molecule has 2 unspecified atom stereocenters. The molecule has 0 radical (unpaired) electrons. The summed E-state index contributed by atoms with van der Waals surface area (Å²) in [5, 5.41) is 0. The first-order valence-corrected chi connectivity index (χ1v) is 13.8. The molecule has 5 nitrogen and oxygen atoms in total. The van der Waals surface area contributed by atoms with Crippen molar-refractivity contribution < 1.29 is 14.2 Å². The van der Waals surface area contributed by atoms with Gasteiger partial charge in [-0.2, -0.15) is 0 Å². The lowest BCUT2D eigenvalue weighted by Gasteiger charge is -2.38. The van der Waals surface area contributed by atoms with Crippen LogP contribution in [0.5, 0.6) is 11.5 Å². The lowest BCUT2D eigenvalue weighted by Crippen LogP contribution is -2.51. The van der Waals surface area contributed by atoms with Crippen molar-refractivity contribution in [1.29, 1.82) is 0 Å². The van der Waals surface area contributed by atoms with Gasteiger partial charge < -0.3 is 9.47 Å². The predicted molar refractivity (Wildman–Crippen MR) is 138 cm³/mol. The van der Waals surface area contributed by atoms with Gasteiger partial charge in [-0.05, 0) is 25.0 Å². The van der Waals surface area contributed by atoms with Gasteiger partial charge in [-0.3, -0.25) is 4.74 Å². The molecule has 2 atom stereocenters. The Balaban J connectivity index is 1.98. The van der Waals surface area contributed by atoms with Crippen LogP contribution in [0, 0.1) is 0 Å². The average Bonchev–Trinajstić information content (AvgIpc) is 2.82. The highest BCUT2D eigenvalue weighted by Crippen LogP contribution is 2.27. The zero-order valence-electron chi connectivity index (χ0n) is 21.9. The van der Waals surface area contributed by atoms with Gasteiger partial charge in [0, 0.05) is 32.2 Å². The molecule has 1 aromatic rings. The van der Waals surface area contributed by atoms with Gasteiger partial charge in [-0.25, -0.2) is 9.80 Å². The third-order valence-electron chi connectivity index (χ3n) is 6.52. The topological polar surface area (TPSA) is 34.2 Å². The molecule has 1 aliphatic heterocycles. The van der Waals surface area contributed by atoms with Gasteiger partial charge in [0.15, 0.2) is 0 Å². The van der Waals surface area contributed by atoms with Crippen molar-refractivity contribution in [3.05, 3.63) is 24.3 Å². The molecule has 33 heavy (non-hydrogen) atoms. The van der Waals surface area contributed by atoms with Crippen LogP contribution in [0.15, 0.2) is 24.3 Å². The molecule has 1 aliphatic rings. The van der Waals surface area contributed by atoms with Crippen LogP contribution in [-0.2, 0) is 4.74 Å². The number of hydrogen-bond donors (Lipinski definition) is 0. The summed E-state index contributed by atoms with van der Waals surface area (Å²) in [6.45, 7) is 12.6. The summed E-state index contributed by atoms with van der Waals surface area (Å²) in [4.78, 5) is 4.60. The van der Waals surface area contributed by atoms with E-state index in [1.54, 1.807) is 0 Å². The Morgan fingerprint density at radius 3 is 1.45 bits per heavy atom. The number of hydrogen-bond acceptors (Lipinski definition) is 5. The van der Waals surface area contributed by atoms with E-state index in [0.29, 0.717) is 0 Å². The predicted octanol–water partition coefficient (Wildman–Crippen LogP) is 7.41. The van der Waals surface area contributed by atoms with Crippen LogP contribution >= 0.6 is 0 Å². The van der Waals surface area contributed by atoms with Crippen molar-refractivity contribution in [1.82, 2.24) is 9.80 Å². The van der Waals surface area contributed by atoms with Crippen LogP contribution in [0.1, 0.15) is 105 Å². The molecule has 0 saturated heterocycles. The summed E-state index contributed by atoms with van der Waals surface area (Å²) in [6, 6.07) is 7.95. The molecule has 0 aliphatic carbocycles. The summed E-state index contributed by atoms with van der Waals surface area (Å²) >= 11 is 0. The maximum Gasteiger partial charge on any atom is 0.266 e. The van der Waals surface area contributed by atoms with Gasteiger partial charge in [0.05, 0.1) is 0 Å². The first-order valence-electron chi connectivity index (χ1n) is 13.8. The summed E-state index contributed by atoms with van der Waals surface area (Å²) in [5.74, 6) is 1.60. The van der Waals surface area contributed by atoms with Gasteiger partial charge >= 0.3 is 0 Å². The summed E-state index contributed by atoms with van der Waals surface area (Å²) in [6.07, 6.45) is 14.5. The minimum atomic E-state index is -0.440. The Morgan fingerprint density at radius 2 is 1.03 bits per heavy atom. The molecule has 5 heteroatoms. The fourth-order valence-corrected chi connectivity index (χ4v) is 4.35. The lowest BCUT2D eigenvalue weighted by molar-refractivity contribution is -0.288. The molecule has 0 spiro atoms. The Bertz CT molecular complexity index is 565. The van der Waals surface area contributed by atoms with E-state index in [2.05, 4.69) is 37.5 Å². The summed E-state index contributed by atoms with van der Waals surface area (Å²) in [5.41, 5.74) is 0. The minimum absolute atomic E-state index is 0.440. The monoisotopic (exact) mass is 462 g/mol. The Morgan fingerprint density at radius 1 is 0.606 bits per heavy atom. The molecule has 2 bridgehead atoms. The number of nitrogens with zero attached hydrogens (tertiary/aromatic N) is 2. The quantitative estimate of drug-likeness (QED) is 0.212. The molecule has 2 rings (SSSR count). The van der Waals surface area contributed by atoms with Crippen LogP contribution in [-0.4, -0.2) is 48.8 Å². The standard InChI is InChI=1S/C28H50N2O3/c1-5-9-11-13-15-17-22-29(7-3)27-31-25-20-19-21-26(24-25)32-28(33-27)30(8-4)23-18-16-14-12-10-6-2/h19-21,24,27-28H,5-18,22-23H2,1-4H3. The smallest absolute Gasteiger partial charge is 0.266 e. The van der Waals surface area contributed by atoms with Crippen molar-refractivity contribution >= 4 is 0 Å². The largest absolute Gasteiger partial charge is 0.451 e. The molecule has 0 aromatic heterocycles. The Labute approximate surface area is 203 Å². The first kappa shape index (κ1) is 27.9. The van der Waals surface area contributed by atoms with Gasteiger partial charge in [-0.15, -0.1) is 0 Å². The highest BCUT2D eigenvalue weighted by Gasteiger charge is 2.30. The Hall–Kier alpha value is -1.30. The molecule has 190 valence electrons. The van der Waals surface area contributed by atoms with E-state index in [1.165, 1.54) is 77.0 Å². The second kappa shape index (κ2) is 17.2. The normalized spacial score (nSPS) is 18.1. The highest BCUT2D eigenvalue weighted by atomic mass is 16.8. The molecule has 1 heterocycles. The van der Waals surface area contributed by atoms with E-state index in [1.807, 2.05) is 24.3 Å². The van der Waals surface area contributed by atoms with Crippen molar-refractivity contribution in [2.24, 2.45) is 0 Å². The van der Waals surface area contributed by atoms with E-state index in [9.17, 15) is 0 Å². The zero-order valence-corrected chi connectivity index (χ0v) is 21.9. The molecular formula is C28H50N2O3. The first-order chi connectivity index (χ1) is 16.2. The summed E-state index contributed by atoms with van der Waals surface area (Å²) in [7, 11) is 0. The van der Waals surface area contributed by atoms with Crippen LogP contribution < -0.4 is 9.47 Å². The van der Waals surface area contributed by atoms with Gasteiger partial charge in [-0.1, -0.05) is 98.0 Å². The number of unbranched alkanes of at least 4 members (excludes halogenated alkanes) is 10. The van der Waals surface area contributed by atoms with Crippen molar-refractivity contribution in [3.8, 4) is 11.5 Å². The third kappa shape index (κ3) is 10.7. The lowest BCUT2D eigenvalue weighted by atomic mass is 10.1. The Kier molecular flexibility index (Phi) is 14.5. The van der Waals surface area contributed by atoms with Crippen LogP contribution in [0.25, 0.3) is 0 Å². The molecule has 0 saturated carbocycles. The number of benzene rings is 1. The SMILES string of the molecule is CCCCCCCCN(CC)C1Oc2cccc(c2)OC(N(CC)CCCCCCCC)O1. The third-order valence-corrected chi connectivity index (χ3v) is 6.52. The van der Waals surface area contributed by atoms with Crippen molar-refractivity contribution in [2.45, 2.75) is 118 Å². The van der Waals surface area contributed by atoms with E-state index >= 15 is 0 Å². The maximum absolute atomic E-state index is 6.52. The number of fused-ring (bicyclic) bond motifs is 2. The fraction of sp³-hybridized carbons (Fsp3) is 0.786. The van der Waals surface area contributed by atoms with Crippen LogP contribution in [0.4, 0.5) is 0 Å². The van der Waals surface area contributed by atoms with Gasteiger partial charge in [0.2, 0.25) is 0 Å². The molecule has 1 aromatic carbocycles. The zero-order chi connectivity index (χ0) is 23.7. The average molecular weight is 463 g/mol. The second-order valence-corrected chi connectivity index (χ2v) is 9.25. The van der Waals surface area contributed by atoms with Crippen molar-refractivity contribution in [3.63, 3.8) is 0 Å². The summed E-state index contributed by atoms with van der Waals surface area (Å²) < 4.78 is 19.2. The second-order valence-electron chi connectivity index (χ2n) is 9.25. The molecule has 0 N–H and O–H groups in total. The molecular weight excluding hydrogens is 412 g/mol. The minimum Gasteiger partial charge on any atom is -0.451 e. The maximum atomic E-state index is 6.52. The van der Waals surface area contributed by atoms with E-state index in [-0.39, 0.29) is 0 Å². The van der Waals surface area contributed by atoms with Crippen LogP contribution in [0.2, 0.25) is 0 Å². The van der Waals surface area contributed by atoms with E-state index in [0.717, 1.165) is 37.7 Å². The molecule has 0 fully saturated rings. The van der Waals surface area contributed by atoms with E-state index < -0.39 is 12.8 Å². The number of rotatable bonds is 18. The fourth-order valence-electron chi connectivity index (χ4n) is 4.35. The van der Waals surface area contributed by atoms with Gasteiger partial charge in [0.25, 0.3) is 12.8 Å². The number of ether oxygens (including phenoxy) is 3. The van der Waals surface area contributed by atoms with E-state index in [4.69, 9.17) is 14.2 Å².